The minimum absolute atomic E-state index is 0.536. The van der Waals surface area contributed by atoms with Crippen LogP contribution in [0.15, 0.2) is 0 Å². The maximum atomic E-state index is 10.9. The van der Waals surface area contributed by atoms with Crippen LogP contribution in [0.4, 0.5) is 0 Å². The van der Waals surface area contributed by atoms with Gasteiger partial charge in [0, 0.05) is 6.66 Å². The molecule has 0 aromatic rings. The molecule has 0 heterocycles. The Morgan fingerprint density at radius 1 is 1.75 bits per heavy atom. The van der Waals surface area contributed by atoms with Crippen LogP contribution < -0.4 is 0 Å². The van der Waals surface area contributed by atoms with Crippen molar-refractivity contribution in [2.24, 2.45) is 0 Å². The minimum Gasteiger partial charge on any atom is -0.322 e. The molecular formula is C4H11O2PS. The van der Waals surface area contributed by atoms with E-state index in [9.17, 15) is 4.57 Å². The zero-order valence-electron chi connectivity index (χ0n) is 5.38. The molecule has 50 valence electrons. The monoisotopic (exact) mass is 154 g/mol. The SMILES string of the molecule is CCOP(C)(=O)SC. The zero-order chi connectivity index (χ0) is 6.62. The first kappa shape index (κ1) is 8.54. The summed E-state index contributed by atoms with van der Waals surface area (Å²) in [5.41, 5.74) is 0. The van der Waals surface area contributed by atoms with E-state index in [4.69, 9.17) is 4.52 Å². The number of hydrogen-bond acceptors (Lipinski definition) is 3. The highest BCUT2D eigenvalue weighted by Crippen LogP contribution is 2.54. The molecule has 4 heteroatoms. The van der Waals surface area contributed by atoms with E-state index in [1.807, 2.05) is 6.92 Å². The Hall–Kier alpha value is 0.540. The fourth-order valence-corrected chi connectivity index (χ4v) is 1.49. The molecule has 0 amide bonds. The first-order valence-corrected chi connectivity index (χ1v) is 6.30. The normalized spacial score (nSPS) is 17.9. The summed E-state index contributed by atoms with van der Waals surface area (Å²) < 4.78 is 15.8. The van der Waals surface area contributed by atoms with E-state index in [0.717, 1.165) is 0 Å². The Kier molecular flexibility index (Phi) is 3.78. The van der Waals surface area contributed by atoms with Crippen LogP contribution in [-0.2, 0) is 9.09 Å². The lowest BCUT2D eigenvalue weighted by atomic mass is 10.9. The average molecular weight is 154 g/mol. The second-order valence-electron chi connectivity index (χ2n) is 1.37. The van der Waals surface area contributed by atoms with Gasteiger partial charge in [-0.05, 0) is 13.2 Å². The molecule has 0 fully saturated rings. The predicted octanol–water partition coefficient (Wildman–Crippen LogP) is 2.21. The molecule has 0 aliphatic rings. The van der Waals surface area contributed by atoms with E-state index in [1.54, 1.807) is 12.9 Å². The highest BCUT2D eigenvalue weighted by atomic mass is 32.7. The maximum Gasteiger partial charge on any atom is 0.254 e. The smallest absolute Gasteiger partial charge is 0.254 e. The van der Waals surface area contributed by atoms with Crippen LogP contribution in [0.25, 0.3) is 0 Å². The maximum absolute atomic E-state index is 10.9. The summed E-state index contributed by atoms with van der Waals surface area (Å²) in [6, 6.07) is 0. The van der Waals surface area contributed by atoms with Crippen LogP contribution in [0.5, 0.6) is 0 Å². The standard InChI is InChI=1S/C4H11O2PS/c1-4-6-7(2,5)8-3/h4H2,1-3H3. The van der Waals surface area contributed by atoms with Crippen LogP contribution in [0.2, 0.25) is 0 Å². The van der Waals surface area contributed by atoms with Gasteiger partial charge in [0.2, 0.25) is 0 Å². The van der Waals surface area contributed by atoms with Crippen molar-refractivity contribution < 1.29 is 9.09 Å². The van der Waals surface area contributed by atoms with E-state index in [-0.39, 0.29) is 0 Å². The highest BCUT2D eigenvalue weighted by molar-refractivity contribution is 8.56. The van der Waals surface area contributed by atoms with Gasteiger partial charge in [-0.1, -0.05) is 11.4 Å². The molecule has 2 nitrogen and oxygen atoms in total. The molecule has 0 aromatic carbocycles. The zero-order valence-corrected chi connectivity index (χ0v) is 7.09. The van der Waals surface area contributed by atoms with Crippen LogP contribution in [0.1, 0.15) is 6.92 Å². The summed E-state index contributed by atoms with van der Waals surface area (Å²) in [5, 5.41) is 0. The van der Waals surface area contributed by atoms with Crippen molar-refractivity contribution in [3.05, 3.63) is 0 Å². The molecule has 1 unspecified atom stereocenters. The first-order chi connectivity index (χ1) is 3.62. The molecule has 0 saturated heterocycles. The van der Waals surface area contributed by atoms with Gasteiger partial charge in [0.1, 0.15) is 0 Å². The Balaban J connectivity index is 3.55. The van der Waals surface area contributed by atoms with Crippen molar-refractivity contribution >= 4 is 18.0 Å². The topological polar surface area (TPSA) is 26.3 Å². The summed E-state index contributed by atoms with van der Waals surface area (Å²) in [6.07, 6.45) is 1.79. The molecule has 0 aliphatic carbocycles. The van der Waals surface area contributed by atoms with Gasteiger partial charge in [0.15, 0.2) is 0 Å². The molecule has 0 bridgehead atoms. The third kappa shape index (κ3) is 3.53. The van der Waals surface area contributed by atoms with E-state index >= 15 is 0 Å². The minimum atomic E-state index is -2.26. The quantitative estimate of drug-likeness (QED) is 0.583. The van der Waals surface area contributed by atoms with Crippen LogP contribution >= 0.6 is 18.0 Å². The van der Waals surface area contributed by atoms with Crippen LogP contribution in [0, 0.1) is 0 Å². The van der Waals surface area contributed by atoms with Gasteiger partial charge < -0.3 is 4.52 Å². The lowest BCUT2D eigenvalue weighted by Gasteiger charge is -2.06. The van der Waals surface area contributed by atoms with Crippen molar-refractivity contribution in [1.82, 2.24) is 0 Å². The van der Waals surface area contributed by atoms with Crippen molar-refractivity contribution in [2.45, 2.75) is 6.92 Å². The molecule has 0 saturated carbocycles. The van der Waals surface area contributed by atoms with Gasteiger partial charge in [0.25, 0.3) is 6.57 Å². The summed E-state index contributed by atoms with van der Waals surface area (Å²) in [7, 11) is 0. The van der Waals surface area contributed by atoms with E-state index < -0.39 is 6.57 Å². The average Bonchev–Trinajstić information content (AvgIpc) is 1.67. The number of hydrogen-bond donors (Lipinski definition) is 0. The van der Waals surface area contributed by atoms with Gasteiger partial charge in [-0.3, -0.25) is 4.57 Å². The van der Waals surface area contributed by atoms with E-state index in [0.29, 0.717) is 6.61 Å². The van der Waals surface area contributed by atoms with Gasteiger partial charge in [-0.2, -0.15) is 0 Å². The molecule has 0 N–H and O–H groups in total. The first-order valence-electron chi connectivity index (χ1n) is 2.40. The van der Waals surface area contributed by atoms with Gasteiger partial charge in [-0.15, -0.1) is 0 Å². The lowest BCUT2D eigenvalue weighted by Crippen LogP contribution is -1.81. The molecule has 0 aliphatic heterocycles. The molecule has 0 radical (unpaired) electrons. The predicted molar refractivity (Wildman–Crippen MR) is 38.7 cm³/mol. The second kappa shape index (κ2) is 3.54. The van der Waals surface area contributed by atoms with Crippen molar-refractivity contribution in [2.75, 3.05) is 19.5 Å². The molecule has 0 spiro atoms. The van der Waals surface area contributed by atoms with Crippen LogP contribution in [-0.4, -0.2) is 19.5 Å². The van der Waals surface area contributed by atoms with Crippen LogP contribution in [0.3, 0.4) is 0 Å². The lowest BCUT2D eigenvalue weighted by molar-refractivity contribution is 0.350. The third-order valence-corrected chi connectivity index (χ3v) is 4.39. The molecule has 1 atom stereocenters. The van der Waals surface area contributed by atoms with Gasteiger partial charge >= 0.3 is 0 Å². The Bertz CT molecular complexity index is 104. The molecule has 8 heavy (non-hydrogen) atoms. The fraction of sp³-hybridized carbons (Fsp3) is 1.00. The van der Waals surface area contributed by atoms with E-state index in [1.165, 1.54) is 11.4 Å². The largest absolute Gasteiger partial charge is 0.322 e. The Morgan fingerprint density at radius 3 is 2.38 bits per heavy atom. The van der Waals surface area contributed by atoms with E-state index in [2.05, 4.69) is 0 Å². The summed E-state index contributed by atoms with van der Waals surface area (Å²) in [5.74, 6) is 0. The third-order valence-electron chi connectivity index (χ3n) is 0.695. The van der Waals surface area contributed by atoms with Gasteiger partial charge in [-0.25, -0.2) is 0 Å². The molecule has 0 aromatic heterocycles. The van der Waals surface area contributed by atoms with Crippen molar-refractivity contribution in [3.8, 4) is 0 Å². The second-order valence-corrected chi connectivity index (χ2v) is 6.62. The number of rotatable bonds is 3. The highest BCUT2D eigenvalue weighted by Gasteiger charge is 2.10. The fourth-order valence-electron chi connectivity index (χ4n) is 0.287. The summed E-state index contributed by atoms with van der Waals surface area (Å²) in [6.45, 7) is 1.75. The Morgan fingerprint density at radius 2 is 2.25 bits per heavy atom. The van der Waals surface area contributed by atoms with Crippen molar-refractivity contribution in [3.63, 3.8) is 0 Å². The summed E-state index contributed by atoms with van der Waals surface area (Å²) >= 11 is 1.28. The summed E-state index contributed by atoms with van der Waals surface area (Å²) in [4.78, 5) is 0. The molecular weight excluding hydrogens is 143 g/mol. The van der Waals surface area contributed by atoms with Crippen molar-refractivity contribution in [1.29, 1.82) is 0 Å². The molecule has 0 rings (SSSR count). The van der Waals surface area contributed by atoms with Gasteiger partial charge in [0.05, 0.1) is 6.61 Å². The Labute approximate surface area is 54.2 Å².